The van der Waals surface area contributed by atoms with Gasteiger partial charge in [0.25, 0.3) is 0 Å². The number of carbonyl (C=O) groups is 1. The molecule has 0 aliphatic carbocycles. The Bertz CT molecular complexity index is 771. The van der Waals surface area contributed by atoms with Crippen LogP contribution >= 0.6 is 15.9 Å². The van der Waals surface area contributed by atoms with Gasteiger partial charge in [-0.1, -0.05) is 15.9 Å². The molecular formula is C14H6BrF6NO2. The lowest BCUT2D eigenvalue weighted by molar-refractivity contribution is -0.138. The second-order valence-corrected chi connectivity index (χ2v) is 5.31. The van der Waals surface area contributed by atoms with E-state index >= 15 is 0 Å². The Morgan fingerprint density at radius 2 is 1.58 bits per heavy atom. The molecule has 0 aliphatic heterocycles. The topological polar surface area (TPSA) is 38.3 Å². The van der Waals surface area contributed by atoms with Crippen molar-refractivity contribution in [1.29, 1.82) is 0 Å². The van der Waals surface area contributed by atoms with Crippen molar-refractivity contribution in [2.45, 2.75) is 6.18 Å². The van der Waals surface area contributed by atoms with Crippen molar-refractivity contribution in [1.82, 2.24) is 0 Å². The zero-order valence-corrected chi connectivity index (χ0v) is 12.9. The van der Waals surface area contributed by atoms with E-state index in [1.807, 2.05) is 5.32 Å². The van der Waals surface area contributed by atoms with Gasteiger partial charge in [0, 0.05) is 4.47 Å². The van der Waals surface area contributed by atoms with Gasteiger partial charge in [-0.3, -0.25) is 4.79 Å². The predicted octanol–water partition coefficient (Wildman–Crippen LogP) is 5.25. The third-order valence-electron chi connectivity index (χ3n) is 2.76. The van der Waals surface area contributed by atoms with Crippen molar-refractivity contribution < 1.29 is 35.9 Å². The van der Waals surface area contributed by atoms with Gasteiger partial charge in [-0.05, 0) is 24.3 Å². The molecule has 2 rings (SSSR count). The number of ether oxygens (including phenoxy) is 1. The Balaban J connectivity index is 2.51. The Hall–Kier alpha value is -2.23. The third kappa shape index (κ3) is 3.81. The normalized spacial score (nSPS) is 11.3. The van der Waals surface area contributed by atoms with Gasteiger partial charge in [0.05, 0.1) is 5.56 Å². The molecule has 0 heterocycles. The zero-order valence-electron chi connectivity index (χ0n) is 11.3. The Labute approximate surface area is 139 Å². The van der Waals surface area contributed by atoms with Crippen LogP contribution in [0.3, 0.4) is 0 Å². The molecule has 128 valence electrons. The maximum absolute atomic E-state index is 13.8. The summed E-state index contributed by atoms with van der Waals surface area (Å²) in [7, 11) is 0. The lowest BCUT2D eigenvalue weighted by Gasteiger charge is -2.14. The van der Waals surface area contributed by atoms with Crippen LogP contribution in [0.1, 0.15) is 5.56 Å². The van der Waals surface area contributed by atoms with E-state index in [-0.39, 0.29) is 23.0 Å². The number of alkyl halides is 3. The van der Waals surface area contributed by atoms with E-state index in [1.165, 1.54) is 0 Å². The summed E-state index contributed by atoms with van der Waals surface area (Å²) in [4.78, 5) is 10.5. The molecule has 0 aliphatic rings. The van der Waals surface area contributed by atoms with Crippen LogP contribution in [0.15, 0.2) is 28.7 Å². The summed E-state index contributed by atoms with van der Waals surface area (Å²) in [5, 5.41) is 1.94. The second-order valence-electron chi connectivity index (χ2n) is 4.39. The lowest BCUT2D eigenvalue weighted by Crippen LogP contribution is -2.07. The summed E-state index contributed by atoms with van der Waals surface area (Å²) in [5.41, 5.74) is -2.08. The fraction of sp³-hybridized carbons (Fsp3) is 0.0714. The van der Waals surface area contributed by atoms with Gasteiger partial charge in [0.2, 0.25) is 6.41 Å². The van der Waals surface area contributed by atoms with E-state index in [9.17, 15) is 31.1 Å². The Kier molecular flexibility index (Phi) is 5.07. The minimum atomic E-state index is -4.95. The van der Waals surface area contributed by atoms with Crippen LogP contribution in [0, 0.1) is 17.5 Å². The minimum absolute atomic E-state index is 0.0413. The summed E-state index contributed by atoms with van der Waals surface area (Å²) >= 11 is 2.91. The van der Waals surface area contributed by atoms with E-state index in [1.54, 1.807) is 0 Å². The maximum atomic E-state index is 13.8. The van der Waals surface area contributed by atoms with Crippen LogP contribution in [0.2, 0.25) is 0 Å². The number of rotatable bonds is 4. The summed E-state index contributed by atoms with van der Waals surface area (Å²) < 4.78 is 83.8. The summed E-state index contributed by atoms with van der Waals surface area (Å²) in [6, 6.07) is 2.10. The number of hydrogen-bond donors (Lipinski definition) is 1. The molecule has 0 atom stereocenters. The SMILES string of the molecule is O=CNc1c(F)cc(Br)cc1Oc1c(F)cc(C(F)(F)F)cc1F. The first kappa shape index (κ1) is 18.1. The van der Waals surface area contributed by atoms with Crippen LogP contribution in [0.5, 0.6) is 11.5 Å². The van der Waals surface area contributed by atoms with E-state index in [4.69, 9.17) is 4.74 Å². The molecule has 2 aromatic rings. The maximum Gasteiger partial charge on any atom is 0.416 e. The van der Waals surface area contributed by atoms with Crippen LogP contribution < -0.4 is 10.1 Å². The molecule has 0 aromatic heterocycles. The molecular weight excluding hydrogens is 408 g/mol. The number of amides is 1. The zero-order chi connectivity index (χ0) is 18.1. The van der Waals surface area contributed by atoms with Gasteiger partial charge in [-0.15, -0.1) is 0 Å². The van der Waals surface area contributed by atoms with Crippen LogP contribution in [0.4, 0.5) is 32.0 Å². The minimum Gasteiger partial charge on any atom is -0.449 e. The average Bonchev–Trinajstić information content (AvgIpc) is 2.45. The molecule has 0 spiro atoms. The van der Waals surface area contributed by atoms with E-state index in [2.05, 4.69) is 15.9 Å². The van der Waals surface area contributed by atoms with Gasteiger partial charge >= 0.3 is 6.18 Å². The molecule has 2 aromatic carbocycles. The van der Waals surface area contributed by atoms with Gasteiger partial charge < -0.3 is 10.1 Å². The van der Waals surface area contributed by atoms with Crippen molar-refractivity contribution in [2.24, 2.45) is 0 Å². The quantitative estimate of drug-likeness (QED) is 0.549. The molecule has 1 N–H and O–H groups in total. The molecule has 0 unspecified atom stereocenters. The van der Waals surface area contributed by atoms with E-state index in [0.29, 0.717) is 0 Å². The number of hydrogen-bond acceptors (Lipinski definition) is 2. The third-order valence-corrected chi connectivity index (χ3v) is 3.22. The van der Waals surface area contributed by atoms with Gasteiger partial charge in [-0.25, -0.2) is 13.2 Å². The largest absolute Gasteiger partial charge is 0.449 e. The van der Waals surface area contributed by atoms with Gasteiger partial charge in [-0.2, -0.15) is 13.2 Å². The van der Waals surface area contributed by atoms with Crippen molar-refractivity contribution >= 4 is 28.0 Å². The highest BCUT2D eigenvalue weighted by atomic mass is 79.9. The van der Waals surface area contributed by atoms with E-state index in [0.717, 1.165) is 12.1 Å². The number of anilines is 1. The van der Waals surface area contributed by atoms with Crippen molar-refractivity contribution in [3.8, 4) is 11.5 Å². The fourth-order valence-corrected chi connectivity index (χ4v) is 2.17. The van der Waals surface area contributed by atoms with Crippen molar-refractivity contribution in [3.63, 3.8) is 0 Å². The standard InChI is InChI=1S/C14H6BrF6NO2/c15-7-3-8(16)12(22-5-23)11(4-7)24-13-9(17)1-6(2-10(13)18)14(19,20)21/h1-5H,(H,22,23). The lowest BCUT2D eigenvalue weighted by atomic mass is 10.2. The highest BCUT2D eigenvalue weighted by Crippen LogP contribution is 2.39. The summed E-state index contributed by atoms with van der Waals surface area (Å²) in [6.07, 6.45) is -4.86. The van der Waals surface area contributed by atoms with Crippen LogP contribution in [0.25, 0.3) is 0 Å². The summed E-state index contributed by atoms with van der Waals surface area (Å²) in [6.45, 7) is 0. The van der Waals surface area contributed by atoms with Crippen LogP contribution in [-0.2, 0) is 11.0 Å². The predicted molar refractivity (Wildman–Crippen MR) is 75.2 cm³/mol. The molecule has 0 radical (unpaired) electrons. The summed E-state index contributed by atoms with van der Waals surface area (Å²) in [5.74, 6) is -5.94. The van der Waals surface area contributed by atoms with Crippen LogP contribution in [-0.4, -0.2) is 6.41 Å². The molecule has 24 heavy (non-hydrogen) atoms. The average molecular weight is 414 g/mol. The smallest absolute Gasteiger partial charge is 0.416 e. The van der Waals surface area contributed by atoms with Gasteiger partial charge in [0.1, 0.15) is 5.69 Å². The molecule has 0 saturated heterocycles. The highest BCUT2D eigenvalue weighted by molar-refractivity contribution is 9.10. The first-order valence-corrected chi connectivity index (χ1v) is 6.86. The number of benzene rings is 2. The highest BCUT2D eigenvalue weighted by Gasteiger charge is 2.33. The monoisotopic (exact) mass is 413 g/mol. The van der Waals surface area contributed by atoms with E-state index < -0.39 is 46.4 Å². The Morgan fingerprint density at radius 1 is 1.00 bits per heavy atom. The molecule has 0 bridgehead atoms. The second kappa shape index (κ2) is 6.71. The van der Waals surface area contributed by atoms with Crippen molar-refractivity contribution in [3.05, 3.63) is 51.8 Å². The number of nitrogens with one attached hydrogen (secondary N) is 1. The number of carbonyl (C=O) groups excluding carboxylic acids is 1. The van der Waals surface area contributed by atoms with Crippen molar-refractivity contribution in [2.75, 3.05) is 5.32 Å². The fourth-order valence-electron chi connectivity index (χ4n) is 1.76. The first-order valence-electron chi connectivity index (χ1n) is 6.06. The number of halogens is 7. The molecule has 0 saturated carbocycles. The first-order chi connectivity index (χ1) is 11.1. The molecule has 0 fully saturated rings. The Morgan fingerprint density at radius 3 is 2.08 bits per heavy atom. The molecule has 1 amide bonds. The molecule has 3 nitrogen and oxygen atoms in total. The molecule has 10 heteroatoms. The van der Waals surface area contributed by atoms with Gasteiger partial charge in [0.15, 0.2) is 29.0 Å².